The minimum absolute atomic E-state index is 0.116. The molecule has 0 aromatic carbocycles. The van der Waals surface area contributed by atoms with Crippen molar-refractivity contribution in [3.05, 3.63) is 23.2 Å². The Kier molecular flexibility index (Phi) is 4.20. The second-order valence-corrected chi connectivity index (χ2v) is 4.94. The molecular weight excluding hydrogens is 312 g/mol. The molecule has 102 valence electrons. The highest BCUT2D eigenvalue weighted by Gasteiger charge is 2.06. The van der Waals surface area contributed by atoms with Gasteiger partial charge in [0.05, 0.1) is 0 Å². The second kappa shape index (κ2) is 5.87. The molecule has 2 heterocycles. The number of aromatic nitrogens is 3. The molecule has 7 nitrogen and oxygen atoms in total. The Morgan fingerprint density at radius 1 is 1.47 bits per heavy atom. The van der Waals surface area contributed by atoms with E-state index in [0.29, 0.717) is 18.9 Å². The van der Waals surface area contributed by atoms with Crippen molar-refractivity contribution in [3.63, 3.8) is 0 Å². The number of rotatable bonds is 4. The Balaban J connectivity index is 1.94. The van der Waals surface area contributed by atoms with E-state index in [9.17, 15) is 4.79 Å². The lowest BCUT2D eigenvalue weighted by Crippen LogP contribution is -2.37. The molecule has 8 heteroatoms. The summed E-state index contributed by atoms with van der Waals surface area (Å²) in [5, 5.41) is 5.92. The Bertz CT molecular complexity index is 582. The predicted octanol–water partition coefficient (Wildman–Crippen LogP) is 1.17. The van der Waals surface area contributed by atoms with Crippen LogP contribution in [0, 0.1) is 0 Å². The number of fused-ring (bicyclic) bond motifs is 1. The summed E-state index contributed by atoms with van der Waals surface area (Å²) >= 11 is 3.34. The van der Waals surface area contributed by atoms with E-state index in [1.165, 1.54) is 4.90 Å². The summed E-state index contributed by atoms with van der Waals surface area (Å²) in [4.78, 5) is 21.4. The van der Waals surface area contributed by atoms with E-state index in [0.717, 1.165) is 10.3 Å². The standard InChI is InChI=1S/C11H15BrN6O/c1-17(2)11(19)15-4-3-13-9-10-14-5-6-18(10)7-8(12)16-9/h5-7H,3-4H2,1-2H3,(H,13,16)(H,15,19). The molecule has 0 aliphatic heterocycles. The average molecular weight is 327 g/mol. The molecule has 0 aliphatic rings. The first-order chi connectivity index (χ1) is 9.08. The molecule has 2 aromatic heterocycles. The molecule has 2 N–H and O–H groups in total. The lowest BCUT2D eigenvalue weighted by Gasteiger charge is -2.12. The van der Waals surface area contributed by atoms with Gasteiger partial charge >= 0.3 is 6.03 Å². The smallest absolute Gasteiger partial charge is 0.316 e. The summed E-state index contributed by atoms with van der Waals surface area (Å²) < 4.78 is 2.59. The molecule has 0 unspecified atom stereocenters. The van der Waals surface area contributed by atoms with Gasteiger partial charge in [0.15, 0.2) is 11.5 Å². The zero-order valence-electron chi connectivity index (χ0n) is 10.7. The van der Waals surface area contributed by atoms with Crippen LogP contribution in [-0.4, -0.2) is 52.5 Å². The minimum atomic E-state index is -0.116. The van der Waals surface area contributed by atoms with E-state index in [1.54, 1.807) is 20.3 Å². The number of hydrogen-bond acceptors (Lipinski definition) is 4. The maximum atomic E-state index is 11.3. The van der Waals surface area contributed by atoms with Crippen LogP contribution >= 0.6 is 15.9 Å². The van der Waals surface area contributed by atoms with E-state index in [-0.39, 0.29) is 6.03 Å². The number of hydrogen-bond donors (Lipinski definition) is 2. The van der Waals surface area contributed by atoms with Crippen LogP contribution in [0.3, 0.4) is 0 Å². The zero-order chi connectivity index (χ0) is 13.8. The fourth-order valence-electron chi connectivity index (χ4n) is 1.53. The van der Waals surface area contributed by atoms with Gasteiger partial charge in [0.1, 0.15) is 4.60 Å². The molecular formula is C11H15BrN6O. The second-order valence-electron chi connectivity index (χ2n) is 4.12. The van der Waals surface area contributed by atoms with Crippen LogP contribution in [0.5, 0.6) is 0 Å². The number of carbonyl (C=O) groups is 1. The van der Waals surface area contributed by atoms with Gasteiger partial charge in [-0.25, -0.2) is 14.8 Å². The van der Waals surface area contributed by atoms with Gasteiger partial charge in [-0.15, -0.1) is 0 Å². The summed E-state index contributed by atoms with van der Waals surface area (Å²) in [6, 6.07) is -0.116. The lowest BCUT2D eigenvalue weighted by molar-refractivity contribution is 0.218. The van der Waals surface area contributed by atoms with Gasteiger partial charge in [0.25, 0.3) is 0 Å². The van der Waals surface area contributed by atoms with E-state index in [4.69, 9.17) is 0 Å². The van der Waals surface area contributed by atoms with E-state index in [2.05, 4.69) is 36.5 Å². The van der Waals surface area contributed by atoms with Gasteiger partial charge < -0.3 is 19.9 Å². The lowest BCUT2D eigenvalue weighted by atomic mass is 10.5. The summed E-state index contributed by atoms with van der Waals surface area (Å²) in [6.45, 7) is 1.09. The fraction of sp³-hybridized carbons (Fsp3) is 0.364. The highest BCUT2D eigenvalue weighted by atomic mass is 79.9. The van der Waals surface area contributed by atoms with Gasteiger partial charge in [-0.1, -0.05) is 0 Å². The van der Waals surface area contributed by atoms with Crippen LogP contribution < -0.4 is 10.6 Å². The average Bonchev–Trinajstić information content (AvgIpc) is 2.81. The Morgan fingerprint density at radius 2 is 2.26 bits per heavy atom. The van der Waals surface area contributed by atoms with Gasteiger partial charge in [-0.2, -0.15) is 0 Å². The van der Waals surface area contributed by atoms with Gasteiger partial charge in [-0.3, -0.25) is 0 Å². The molecule has 0 fully saturated rings. The van der Waals surface area contributed by atoms with E-state index >= 15 is 0 Å². The van der Waals surface area contributed by atoms with Crippen LogP contribution in [0.15, 0.2) is 23.2 Å². The molecule has 0 saturated carbocycles. The van der Waals surface area contributed by atoms with Crippen molar-refractivity contribution in [1.29, 1.82) is 0 Å². The summed E-state index contributed by atoms with van der Waals surface area (Å²) in [5.41, 5.74) is 0.752. The fourth-order valence-corrected chi connectivity index (χ4v) is 1.93. The third-order valence-electron chi connectivity index (χ3n) is 2.44. The highest BCUT2D eigenvalue weighted by Crippen LogP contribution is 2.16. The van der Waals surface area contributed by atoms with Crippen LogP contribution in [0.1, 0.15) is 0 Å². The van der Waals surface area contributed by atoms with Crippen LogP contribution in [-0.2, 0) is 0 Å². The molecule has 0 bridgehead atoms. The SMILES string of the molecule is CN(C)C(=O)NCCNc1nc(Br)cn2ccnc12. The molecule has 0 spiro atoms. The predicted molar refractivity (Wildman–Crippen MR) is 76.3 cm³/mol. The van der Waals surface area contributed by atoms with Crippen molar-refractivity contribution in [2.24, 2.45) is 0 Å². The maximum Gasteiger partial charge on any atom is 0.316 e. The maximum absolute atomic E-state index is 11.3. The molecule has 0 atom stereocenters. The molecule has 2 amide bonds. The topological polar surface area (TPSA) is 74.6 Å². The zero-order valence-corrected chi connectivity index (χ0v) is 12.3. The number of nitrogens with one attached hydrogen (secondary N) is 2. The van der Waals surface area contributed by atoms with Crippen LogP contribution in [0.4, 0.5) is 10.6 Å². The molecule has 0 aliphatic carbocycles. The van der Waals surface area contributed by atoms with Crippen molar-refractivity contribution in [2.45, 2.75) is 0 Å². The Hall–Kier alpha value is -1.83. The van der Waals surface area contributed by atoms with Gasteiger partial charge in [-0.05, 0) is 15.9 Å². The monoisotopic (exact) mass is 326 g/mol. The van der Waals surface area contributed by atoms with Crippen LogP contribution in [0.25, 0.3) is 5.65 Å². The summed E-state index contributed by atoms with van der Waals surface area (Å²) in [6.07, 6.45) is 5.39. The quantitative estimate of drug-likeness (QED) is 0.827. The van der Waals surface area contributed by atoms with E-state index < -0.39 is 0 Å². The molecule has 0 radical (unpaired) electrons. The van der Waals surface area contributed by atoms with Crippen molar-refractivity contribution in [1.82, 2.24) is 24.6 Å². The normalized spacial score (nSPS) is 10.5. The number of imidazole rings is 1. The summed E-state index contributed by atoms with van der Waals surface area (Å²) in [7, 11) is 3.40. The third-order valence-corrected chi connectivity index (χ3v) is 2.83. The highest BCUT2D eigenvalue weighted by molar-refractivity contribution is 9.10. The Morgan fingerprint density at radius 3 is 3.00 bits per heavy atom. The molecule has 0 saturated heterocycles. The number of urea groups is 1. The number of halogens is 1. The van der Waals surface area contributed by atoms with Crippen molar-refractivity contribution in [3.8, 4) is 0 Å². The van der Waals surface area contributed by atoms with Gasteiger partial charge in [0.2, 0.25) is 0 Å². The number of nitrogens with zero attached hydrogens (tertiary/aromatic N) is 4. The van der Waals surface area contributed by atoms with Crippen molar-refractivity contribution < 1.29 is 4.79 Å². The first-order valence-corrected chi connectivity index (χ1v) is 6.55. The molecule has 19 heavy (non-hydrogen) atoms. The Labute approximate surface area is 119 Å². The number of amides is 2. The summed E-state index contributed by atoms with van der Waals surface area (Å²) in [5.74, 6) is 0.679. The first-order valence-electron chi connectivity index (χ1n) is 5.76. The third kappa shape index (κ3) is 3.34. The molecule has 2 aromatic rings. The minimum Gasteiger partial charge on any atom is -0.365 e. The van der Waals surface area contributed by atoms with Gasteiger partial charge in [0, 0.05) is 45.8 Å². The first kappa shape index (κ1) is 13.6. The molecule has 2 rings (SSSR count). The van der Waals surface area contributed by atoms with Crippen molar-refractivity contribution >= 4 is 33.4 Å². The van der Waals surface area contributed by atoms with Crippen LogP contribution in [0.2, 0.25) is 0 Å². The number of anilines is 1. The number of carbonyl (C=O) groups excluding carboxylic acids is 1. The van der Waals surface area contributed by atoms with Crippen molar-refractivity contribution in [2.75, 3.05) is 32.5 Å². The largest absolute Gasteiger partial charge is 0.365 e. The van der Waals surface area contributed by atoms with E-state index in [1.807, 2.05) is 16.8 Å².